The van der Waals surface area contributed by atoms with E-state index in [4.69, 9.17) is 4.74 Å². The third kappa shape index (κ3) is 3.07. The number of rotatable bonds is 3. The second-order valence-electron chi connectivity index (χ2n) is 7.64. The van der Waals surface area contributed by atoms with E-state index in [9.17, 15) is 0 Å². The fourth-order valence-electron chi connectivity index (χ4n) is 4.57. The minimum atomic E-state index is 0.725. The summed E-state index contributed by atoms with van der Waals surface area (Å²) >= 11 is 0. The van der Waals surface area contributed by atoms with Crippen LogP contribution in [0.4, 0.5) is 0 Å². The number of ether oxygens (including phenoxy) is 1. The maximum absolute atomic E-state index is 5.71. The summed E-state index contributed by atoms with van der Waals surface area (Å²) in [4.78, 5) is 5.26. The van der Waals surface area contributed by atoms with Crippen LogP contribution in [0.5, 0.6) is 5.75 Å². The van der Waals surface area contributed by atoms with Gasteiger partial charge in [0.1, 0.15) is 5.75 Å². The molecular weight excluding hydrogens is 312 g/mol. The Labute approximate surface area is 149 Å². The molecule has 5 rings (SSSR count). The Morgan fingerprint density at radius 1 is 1.12 bits per heavy atom. The Hall–Kier alpha value is -1.85. The van der Waals surface area contributed by atoms with Crippen molar-refractivity contribution >= 4 is 0 Å². The fraction of sp³-hybridized carbons (Fsp3) is 0.550. The summed E-state index contributed by atoms with van der Waals surface area (Å²) < 4.78 is 5.71. The van der Waals surface area contributed by atoms with Crippen LogP contribution in [0, 0.1) is 0 Å². The van der Waals surface area contributed by atoms with Crippen LogP contribution < -0.4 is 4.74 Å². The number of hydrogen-bond acceptors (Lipinski definition) is 4. The van der Waals surface area contributed by atoms with Gasteiger partial charge >= 0.3 is 0 Å². The highest BCUT2D eigenvalue weighted by Crippen LogP contribution is 2.28. The van der Waals surface area contributed by atoms with Crippen molar-refractivity contribution in [2.75, 3.05) is 26.2 Å². The minimum Gasteiger partial charge on any atom is -0.493 e. The summed E-state index contributed by atoms with van der Waals surface area (Å²) in [6.07, 6.45) is 6.73. The second kappa shape index (κ2) is 6.46. The molecule has 3 aliphatic heterocycles. The molecule has 1 aromatic heterocycles. The van der Waals surface area contributed by atoms with Gasteiger partial charge in [-0.05, 0) is 43.1 Å². The summed E-state index contributed by atoms with van der Waals surface area (Å²) in [5.41, 5.74) is 5.49. The molecule has 0 amide bonds. The zero-order chi connectivity index (χ0) is 16.6. The first-order valence-electron chi connectivity index (χ1n) is 9.57. The predicted molar refractivity (Wildman–Crippen MR) is 96.6 cm³/mol. The van der Waals surface area contributed by atoms with Crippen molar-refractivity contribution in [1.29, 1.82) is 0 Å². The van der Waals surface area contributed by atoms with Crippen LogP contribution in [-0.2, 0) is 25.9 Å². The van der Waals surface area contributed by atoms with Crippen LogP contribution in [0.1, 0.15) is 35.2 Å². The molecule has 0 atom stereocenters. The van der Waals surface area contributed by atoms with Gasteiger partial charge in [0.15, 0.2) is 0 Å². The van der Waals surface area contributed by atoms with E-state index in [1.54, 1.807) is 0 Å². The van der Waals surface area contributed by atoms with Gasteiger partial charge in [-0.15, -0.1) is 0 Å². The van der Waals surface area contributed by atoms with Crippen LogP contribution in [0.15, 0.2) is 24.4 Å². The molecule has 1 N–H and O–H groups in total. The number of H-pyrrole nitrogens is 1. The normalized spacial score (nSPS) is 21.8. The molecule has 1 aromatic carbocycles. The number of benzene rings is 1. The van der Waals surface area contributed by atoms with Crippen LogP contribution in [0.3, 0.4) is 0 Å². The molecule has 0 spiro atoms. The number of likely N-dealkylation sites (tertiary alicyclic amines) is 1. The number of aromatic nitrogens is 2. The molecule has 4 heterocycles. The highest BCUT2D eigenvalue weighted by atomic mass is 16.5. The van der Waals surface area contributed by atoms with Crippen molar-refractivity contribution in [2.24, 2.45) is 0 Å². The maximum Gasteiger partial charge on any atom is 0.122 e. The predicted octanol–water partition coefficient (Wildman–Crippen LogP) is 2.37. The Morgan fingerprint density at radius 3 is 2.96 bits per heavy atom. The van der Waals surface area contributed by atoms with Gasteiger partial charge in [0.25, 0.3) is 0 Å². The molecule has 0 saturated carbocycles. The first-order valence-corrected chi connectivity index (χ1v) is 9.57. The molecular formula is C20H26N4O. The number of fused-ring (bicyclic) bond motifs is 2. The van der Waals surface area contributed by atoms with Crippen molar-refractivity contribution in [3.05, 3.63) is 46.8 Å². The van der Waals surface area contributed by atoms with Crippen molar-refractivity contribution in [1.82, 2.24) is 20.0 Å². The van der Waals surface area contributed by atoms with Gasteiger partial charge in [0.2, 0.25) is 0 Å². The largest absolute Gasteiger partial charge is 0.493 e. The van der Waals surface area contributed by atoms with Crippen LogP contribution >= 0.6 is 0 Å². The molecule has 1 fully saturated rings. The van der Waals surface area contributed by atoms with E-state index in [0.717, 1.165) is 44.3 Å². The number of hydrogen-bond donors (Lipinski definition) is 1. The maximum atomic E-state index is 5.71. The SMILES string of the molecule is c1cc2c(cc1CN1CCC(N3CCc4[nH]ncc4C3)CC1)OCC2. The van der Waals surface area contributed by atoms with Gasteiger partial charge in [-0.1, -0.05) is 12.1 Å². The molecule has 3 aliphatic rings. The smallest absolute Gasteiger partial charge is 0.122 e. The minimum absolute atomic E-state index is 0.725. The number of nitrogens with one attached hydrogen (secondary N) is 1. The average Bonchev–Trinajstić information content (AvgIpc) is 3.30. The van der Waals surface area contributed by atoms with E-state index in [2.05, 4.69) is 38.2 Å². The van der Waals surface area contributed by atoms with Gasteiger partial charge in [0, 0.05) is 49.8 Å². The topological polar surface area (TPSA) is 44.4 Å². The van der Waals surface area contributed by atoms with E-state index in [1.807, 2.05) is 6.20 Å². The Kier molecular flexibility index (Phi) is 3.98. The molecule has 2 aromatic rings. The van der Waals surface area contributed by atoms with Crippen LogP contribution in [0.25, 0.3) is 0 Å². The quantitative estimate of drug-likeness (QED) is 0.933. The van der Waals surface area contributed by atoms with Crippen LogP contribution in [0.2, 0.25) is 0 Å². The standard InChI is InChI=1S/C20H26N4O/c1-2-16-6-10-25-20(16)11-15(1)13-23-7-3-18(4-8-23)24-9-5-19-17(14-24)12-21-22-19/h1-2,11-12,18H,3-10,13-14H2,(H,21,22). The van der Waals surface area contributed by atoms with Crippen molar-refractivity contribution in [2.45, 2.75) is 44.8 Å². The molecule has 25 heavy (non-hydrogen) atoms. The molecule has 0 unspecified atom stereocenters. The molecule has 5 nitrogen and oxygen atoms in total. The molecule has 1 saturated heterocycles. The van der Waals surface area contributed by atoms with Gasteiger partial charge in [-0.2, -0.15) is 5.10 Å². The van der Waals surface area contributed by atoms with E-state index in [1.165, 1.54) is 54.9 Å². The number of aromatic amines is 1. The van der Waals surface area contributed by atoms with E-state index >= 15 is 0 Å². The van der Waals surface area contributed by atoms with Gasteiger partial charge in [-0.25, -0.2) is 0 Å². The Morgan fingerprint density at radius 2 is 2.04 bits per heavy atom. The van der Waals surface area contributed by atoms with Crippen LogP contribution in [-0.4, -0.2) is 52.3 Å². The first-order chi connectivity index (χ1) is 12.3. The van der Waals surface area contributed by atoms with Gasteiger partial charge < -0.3 is 4.74 Å². The molecule has 0 radical (unpaired) electrons. The third-order valence-electron chi connectivity index (χ3n) is 6.07. The molecule has 5 heteroatoms. The Balaban J connectivity index is 1.17. The van der Waals surface area contributed by atoms with Crippen molar-refractivity contribution in [3.63, 3.8) is 0 Å². The zero-order valence-corrected chi connectivity index (χ0v) is 14.7. The van der Waals surface area contributed by atoms with Gasteiger partial charge in [0.05, 0.1) is 12.8 Å². The van der Waals surface area contributed by atoms with E-state index in [-0.39, 0.29) is 0 Å². The van der Waals surface area contributed by atoms with Crippen molar-refractivity contribution in [3.8, 4) is 5.75 Å². The van der Waals surface area contributed by atoms with Gasteiger partial charge in [-0.3, -0.25) is 14.9 Å². The second-order valence-corrected chi connectivity index (χ2v) is 7.64. The summed E-state index contributed by atoms with van der Waals surface area (Å²) in [6.45, 7) is 6.52. The third-order valence-corrected chi connectivity index (χ3v) is 6.07. The monoisotopic (exact) mass is 338 g/mol. The zero-order valence-electron chi connectivity index (χ0n) is 14.7. The van der Waals surface area contributed by atoms with E-state index < -0.39 is 0 Å². The molecule has 132 valence electrons. The summed E-state index contributed by atoms with van der Waals surface area (Å²) in [5, 5.41) is 7.33. The summed E-state index contributed by atoms with van der Waals surface area (Å²) in [7, 11) is 0. The number of nitrogens with zero attached hydrogens (tertiary/aromatic N) is 3. The highest BCUT2D eigenvalue weighted by molar-refractivity contribution is 5.40. The lowest BCUT2D eigenvalue weighted by atomic mass is 9.98. The average molecular weight is 338 g/mol. The fourth-order valence-corrected chi connectivity index (χ4v) is 4.57. The lowest BCUT2D eigenvalue weighted by molar-refractivity contribution is 0.0946. The van der Waals surface area contributed by atoms with Crippen molar-refractivity contribution < 1.29 is 4.74 Å². The molecule has 0 bridgehead atoms. The molecule has 0 aliphatic carbocycles. The first kappa shape index (κ1) is 15.4. The number of piperidine rings is 1. The van der Waals surface area contributed by atoms with E-state index in [0.29, 0.717) is 0 Å². The summed E-state index contributed by atoms with van der Waals surface area (Å²) in [6, 6.07) is 7.51. The lowest BCUT2D eigenvalue weighted by Gasteiger charge is -2.40. The highest BCUT2D eigenvalue weighted by Gasteiger charge is 2.28. The Bertz CT molecular complexity index is 748. The lowest BCUT2D eigenvalue weighted by Crippen LogP contribution is -2.46. The summed E-state index contributed by atoms with van der Waals surface area (Å²) in [5.74, 6) is 1.11.